The third-order valence-electron chi connectivity index (χ3n) is 11.0. The maximum atomic E-state index is 14.6. The van der Waals surface area contributed by atoms with Gasteiger partial charge in [-0.05, 0) is 56.9 Å². The molecule has 10 nitrogen and oxygen atoms in total. The Bertz CT molecular complexity index is 1110. The van der Waals surface area contributed by atoms with Crippen molar-refractivity contribution in [3.05, 3.63) is 17.2 Å². The number of carbonyl (C=O) groups excluding carboxylic acids is 1. The fourth-order valence-corrected chi connectivity index (χ4v) is 7.97. The molecule has 0 bridgehead atoms. The van der Waals surface area contributed by atoms with E-state index >= 15 is 0 Å². The lowest BCUT2D eigenvalue weighted by atomic mass is 9.70. The SMILES string of the molecule is CCCC1(CC)CCC(F)=C=NC(C(C(=O)NC2=C(N3CCN(C(=N)OC(C)C4CCCC4)CC3)CCN(CC)C2)C(N)N)C1. The minimum atomic E-state index is -0.949. The summed E-state index contributed by atoms with van der Waals surface area (Å²) in [6, 6.07) is -0.285. The zero-order valence-corrected chi connectivity index (χ0v) is 28.3. The lowest BCUT2D eigenvalue weighted by molar-refractivity contribution is -0.126. The van der Waals surface area contributed by atoms with E-state index in [9.17, 15) is 9.18 Å². The molecule has 1 amide bonds. The average molecular weight is 631 g/mol. The fourth-order valence-electron chi connectivity index (χ4n) is 7.97. The van der Waals surface area contributed by atoms with Gasteiger partial charge >= 0.3 is 0 Å². The standard InChI is InChI=1S/C34H59FN8O2/c1-5-14-34(6-2)15-12-26(35)22-39-27(21-34)30(31(36)37)32(44)40-28-23-41(7-3)16-13-29(28)42-17-19-43(20-18-42)33(38)45-24(4)25-10-8-9-11-25/h24-25,27,30-31,38H,5-21,23,36-37H2,1-4H3,(H,40,44). The molecule has 3 aliphatic heterocycles. The number of rotatable bonds is 11. The third-order valence-corrected chi connectivity index (χ3v) is 11.0. The molecule has 6 N–H and O–H groups in total. The number of hydrogen-bond acceptors (Lipinski definition) is 8. The Morgan fingerprint density at radius 3 is 2.49 bits per heavy atom. The topological polar surface area (TPSA) is 136 Å². The largest absolute Gasteiger partial charge is 0.462 e. The Labute approximate surface area is 270 Å². The second-order valence-corrected chi connectivity index (χ2v) is 13.8. The number of amides is 1. The van der Waals surface area contributed by atoms with E-state index in [1.165, 1.54) is 25.7 Å². The van der Waals surface area contributed by atoms with Gasteiger partial charge < -0.3 is 31.3 Å². The zero-order valence-electron chi connectivity index (χ0n) is 28.3. The van der Waals surface area contributed by atoms with Gasteiger partial charge in [-0.15, -0.1) is 0 Å². The second kappa shape index (κ2) is 16.4. The minimum absolute atomic E-state index is 0.0707. The van der Waals surface area contributed by atoms with Crippen LogP contribution in [0, 0.1) is 22.7 Å². The van der Waals surface area contributed by atoms with Crippen molar-refractivity contribution in [1.82, 2.24) is 20.0 Å². The molecule has 2 fully saturated rings. The Kier molecular flexibility index (Phi) is 12.9. The van der Waals surface area contributed by atoms with Gasteiger partial charge in [0.25, 0.3) is 6.02 Å². The van der Waals surface area contributed by atoms with Gasteiger partial charge in [0.1, 0.15) is 6.10 Å². The highest BCUT2D eigenvalue weighted by molar-refractivity contribution is 5.82. The molecule has 0 spiro atoms. The Morgan fingerprint density at radius 2 is 1.87 bits per heavy atom. The smallest absolute Gasteiger partial charge is 0.284 e. The predicted octanol–water partition coefficient (Wildman–Crippen LogP) is 4.32. The number of nitrogens with two attached hydrogens (primary N) is 2. The molecule has 0 aromatic carbocycles. The Morgan fingerprint density at radius 1 is 1.16 bits per heavy atom. The van der Waals surface area contributed by atoms with Crippen molar-refractivity contribution in [1.29, 1.82) is 5.41 Å². The molecule has 0 aromatic rings. The molecule has 254 valence electrons. The van der Waals surface area contributed by atoms with Gasteiger partial charge in [0.2, 0.25) is 5.91 Å². The molecule has 1 saturated carbocycles. The van der Waals surface area contributed by atoms with Gasteiger partial charge in [0, 0.05) is 63.7 Å². The van der Waals surface area contributed by atoms with Crippen molar-refractivity contribution in [2.45, 2.75) is 117 Å². The summed E-state index contributed by atoms with van der Waals surface area (Å²) >= 11 is 0. The maximum absolute atomic E-state index is 14.6. The lowest BCUT2D eigenvalue weighted by Gasteiger charge is -2.42. The molecule has 3 heterocycles. The summed E-state index contributed by atoms with van der Waals surface area (Å²) in [4.78, 5) is 25.3. The van der Waals surface area contributed by atoms with E-state index in [1.54, 1.807) is 0 Å². The summed E-state index contributed by atoms with van der Waals surface area (Å²) in [7, 11) is 0. The van der Waals surface area contributed by atoms with Crippen LogP contribution in [0.1, 0.15) is 98.3 Å². The number of nitrogens with one attached hydrogen (secondary N) is 2. The zero-order chi connectivity index (χ0) is 32.6. The van der Waals surface area contributed by atoms with Gasteiger partial charge in [-0.3, -0.25) is 15.1 Å². The molecule has 0 radical (unpaired) electrons. The number of hydrogen-bond donors (Lipinski definition) is 4. The Balaban J connectivity index is 1.49. The molecule has 4 rings (SSSR count). The number of amidine groups is 1. The van der Waals surface area contributed by atoms with Crippen LogP contribution < -0.4 is 16.8 Å². The number of halogens is 1. The van der Waals surface area contributed by atoms with Crippen molar-refractivity contribution in [2.75, 3.05) is 45.8 Å². The van der Waals surface area contributed by atoms with Gasteiger partial charge in [0.05, 0.1) is 23.8 Å². The number of ether oxygens (including phenoxy) is 1. The summed E-state index contributed by atoms with van der Waals surface area (Å²) < 4.78 is 20.7. The first-order valence-corrected chi connectivity index (χ1v) is 17.6. The summed E-state index contributed by atoms with van der Waals surface area (Å²) in [6.45, 7) is 13.8. The molecule has 4 atom stereocenters. The van der Waals surface area contributed by atoms with Crippen LogP contribution in [0.15, 0.2) is 22.2 Å². The van der Waals surface area contributed by atoms with E-state index in [2.05, 4.69) is 53.7 Å². The number of likely N-dealkylation sites (N-methyl/N-ethyl adjacent to an activating group) is 1. The summed E-state index contributed by atoms with van der Waals surface area (Å²) in [5, 5.41) is 11.9. The maximum Gasteiger partial charge on any atom is 0.284 e. The quantitative estimate of drug-likeness (QED) is 0.152. The summed E-state index contributed by atoms with van der Waals surface area (Å²) in [5.74, 6) is 1.67. The lowest BCUT2D eigenvalue weighted by Crippen LogP contribution is -2.55. The second-order valence-electron chi connectivity index (χ2n) is 13.8. The third kappa shape index (κ3) is 9.09. The van der Waals surface area contributed by atoms with Gasteiger partial charge in [-0.1, -0.05) is 46.5 Å². The number of nitrogens with zero attached hydrogens (tertiary/aromatic N) is 4. The van der Waals surface area contributed by atoms with Crippen LogP contribution in [-0.2, 0) is 9.53 Å². The molecular weight excluding hydrogens is 571 g/mol. The highest BCUT2D eigenvalue weighted by Crippen LogP contribution is 2.42. The molecule has 45 heavy (non-hydrogen) atoms. The number of allylic oxidation sites excluding steroid dienone is 1. The van der Waals surface area contributed by atoms with Crippen molar-refractivity contribution in [2.24, 2.45) is 33.7 Å². The van der Waals surface area contributed by atoms with E-state index < -0.39 is 18.1 Å². The molecule has 4 aliphatic rings. The van der Waals surface area contributed by atoms with Crippen LogP contribution in [-0.4, -0.2) is 96.6 Å². The average Bonchev–Trinajstić information content (AvgIpc) is 3.57. The minimum Gasteiger partial charge on any atom is -0.462 e. The van der Waals surface area contributed by atoms with Crippen LogP contribution in [0.3, 0.4) is 0 Å². The van der Waals surface area contributed by atoms with Crippen LogP contribution in [0.5, 0.6) is 0 Å². The van der Waals surface area contributed by atoms with Crippen molar-refractivity contribution in [3.8, 4) is 0 Å². The Hall–Kier alpha value is -2.46. The number of carbonyl (C=O) groups is 1. The molecule has 1 aliphatic carbocycles. The van der Waals surface area contributed by atoms with E-state index in [1.807, 2.05) is 4.90 Å². The predicted molar refractivity (Wildman–Crippen MR) is 178 cm³/mol. The van der Waals surface area contributed by atoms with E-state index in [0.29, 0.717) is 44.8 Å². The van der Waals surface area contributed by atoms with E-state index in [-0.39, 0.29) is 29.3 Å². The fraction of sp³-hybridized carbons (Fsp3) is 0.824. The first-order valence-electron chi connectivity index (χ1n) is 17.6. The molecule has 0 aromatic heterocycles. The number of aliphatic imine (C=N–C) groups is 1. The summed E-state index contributed by atoms with van der Waals surface area (Å²) in [6.07, 6.45) is 9.27. The highest BCUT2D eigenvalue weighted by Gasteiger charge is 2.40. The van der Waals surface area contributed by atoms with Gasteiger partial charge in [-0.25, -0.2) is 9.38 Å². The normalized spacial score (nSPS) is 26.8. The van der Waals surface area contributed by atoms with E-state index in [4.69, 9.17) is 21.6 Å². The molecule has 4 unspecified atom stereocenters. The van der Waals surface area contributed by atoms with Gasteiger partial charge in [-0.2, -0.15) is 0 Å². The van der Waals surface area contributed by atoms with Crippen LogP contribution in [0.4, 0.5) is 4.39 Å². The van der Waals surface area contributed by atoms with Crippen molar-refractivity contribution in [3.63, 3.8) is 0 Å². The van der Waals surface area contributed by atoms with Crippen LogP contribution in [0.2, 0.25) is 0 Å². The molecule has 1 saturated heterocycles. The monoisotopic (exact) mass is 630 g/mol. The first kappa shape index (κ1) is 35.4. The molecular formula is C34H59FN8O2. The summed E-state index contributed by atoms with van der Waals surface area (Å²) in [5.41, 5.74) is 14.5. The van der Waals surface area contributed by atoms with Crippen molar-refractivity contribution < 1.29 is 13.9 Å². The van der Waals surface area contributed by atoms with Gasteiger partial charge in [0.15, 0.2) is 5.83 Å². The molecule has 11 heteroatoms. The first-order chi connectivity index (χ1) is 21.6. The van der Waals surface area contributed by atoms with E-state index in [0.717, 1.165) is 63.3 Å². The van der Waals surface area contributed by atoms with Crippen LogP contribution >= 0.6 is 0 Å². The van der Waals surface area contributed by atoms with Crippen LogP contribution in [0.25, 0.3) is 0 Å². The van der Waals surface area contributed by atoms with Crippen molar-refractivity contribution >= 4 is 17.8 Å². The highest BCUT2D eigenvalue weighted by atomic mass is 19.1. The number of piperazine rings is 1.